The molecule has 4 bridgehead atoms. The van der Waals surface area contributed by atoms with Crippen LogP contribution in [0.1, 0.15) is 34.1 Å². The number of fused-ring (bicyclic) bond motifs is 3. The SMILES string of the molecule is Cc1nc2cccc3c2nc1N(CCN=O)C/C=C/C[C@H]1CNC(=O)c2cc-3n(N)c21. The third-order valence-electron chi connectivity index (χ3n) is 6.01. The molecule has 3 aromatic rings. The molecule has 0 fully saturated rings. The second-order valence-electron chi connectivity index (χ2n) is 7.92. The lowest BCUT2D eigenvalue weighted by Crippen LogP contribution is -2.36. The van der Waals surface area contributed by atoms with Crippen LogP contribution in [0, 0.1) is 11.8 Å². The van der Waals surface area contributed by atoms with E-state index in [0.29, 0.717) is 36.5 Å². The highest BCUT2D eigenvalue weighted by Gasteiger charge is 2.31. The number of allylic oxidation sites excluding steroid dienone is 1. The van der Waals surface area contributed by atoms with Crippen molar-refractivity contribution in [3.63, 3.8) is 0 Å². The molecule has 0 radical (unpaired) electrons. The van der Waals surface area contributed by atoms with E-state index < -0.39 is 0 Å². The van der Waals surface area contributed by atoms with Crippen molar-refractivity contribution in [1.82, 2.24) is 20.0 Å². The van der Waals surface area contributed by atoms with Crippen LogP contribution in [0.15, 0.2) is 41.6 Å². The molecule has 2 aliphatic heterocycles. The Kier molecular flexibility index (Phi) is 4.65. The second kappa shape index (κ2) is 7.50. The molecular weight excluding hydrogens is 394 g/mol. The van der Waals surface area contributed by atoms with E-state index in [4.69, 9.17) is 15.8 Å². The molecule has 9 nitrogen and oxygen atoms in total. The van der Waals surface area contributed by atoms with Crippen molar-refractivity contribution in [3.05, 3.63) is 58.3 Å². The van der Waals surface area contributed by atoms with Crippen LogP contribution in [0.4, 0.5) is 5.82 Å². The van der Waals surface area contributed by atoms with Gasteiger partial charge in [-0.25, -0.2) is 9.97 Å². The van der Waals surface area contributed by atoms with Gasteiger partial charge in [0.25, 0.3) is 5.91 Å². The number of nitrogens with two attached hydrogens (primary N) is 1. The van der Waals surface area contributed by atoms with Crippen LogP contribution in [-0.2, 0) is 0 Å². The summed E-state index contributed by atoms with van der Waals surface area (Å²) in [6, 6.07) is 7.62. The zero-order valence-electron chi connectivity index (χ0n) is 17.2. The number of anilines is 1. The zero-order valence-corrected chi connectivity index (χ0v) is 17.2. The van der Waals surface area contributed by atoms with Crippen LogP contribution < -0.4 is 16.1 Å². The molecule has 1 amide bonds. The summed E-state index contributed by atoms with van der Waals surface area (Å²) < 4.78 is 1.63. The lowest BCUT2D eigenvalue weighted by atomic mass is 9.94. The van der Waals surface area contributed by atoms with Crippen molar-refractivity contribution in [1.29, 1.82) is 0 Å². The van der Waals surface area contributed by atoms with Crippen LogP contribution >= 0.6 is 0 Å². The van der Waals surface area contributed by atoms with Crippen LogP contribution in [-0.4, -0.2) is 46.7 Å². The molecule has 0 spiro atoms. The molecule has 0 unspecified atom stereocenters. The molecule has 0 aliphatic carbocycles. The van der Waals surface area contributed by atoms with Gasteiger partial charge in [0.1, 0.15) is 5.52 Å². The molecule has 9 heteroatoms. The van der Waals surface area contributed by atoms with Gasteiger partial charge >= 0.3 is 0 Å². The summed E-state index contributed by atoms with van der Waals surface area (Å²) in [5.41, 5.74) is 5.21. The Morgan fingerprint density at radius 3 is 2.97 bits per heavy atom. The number of hydrogen-bond acceptors (Lipinski definition) is 7. The third-order valence-corrected chi connectivity index (χ3v) is 6.01. The van der Waals surface area contributed by atoms with Crippen LogP contribution in [0.3, 0.4) is 0 Å². The molecule has 0 saturated carbocycles. The Hall–Kier alpha value is -3.75. The van der Waals surface area contributed by atoms with Crippen LogP contribution in [0.2, 0.25) is 0 Å². The number of nitrogens with one attached hydrogen (secondary N) is 1. The van der Waals surface area contributed by atoms with Crippen LogP contribution in [0.25, 0.3) is 22.3 Å². The monoisotopic (exact) mass is 417 g/mol. The fourth-order valence-electron chi connectivity index (χ4n) is 4.52. The molecule has 1 atom stereocenters. The Bertz CT molecular complexity index is 1230. The number of nitrogens with zero attached hydrogens (tertiary/aromatic N) is 5. The predicted molar refractivity (Wildman–Crippen MR) is 120 cm³/mol. The quantitative estimate of drug-likeness (QED) is 0.384. The summed E-state index contributed by atoms with van der Waals surface area (Å²) >= 11 is 0. The number of para-hydroxylation sites is 1. The van der Waals surface area contributed by atoms with Crippen molar-refractivity contribution in [3.8, 4) is 11.3 Å². The Morgan fingerprint density at radius 2 is 2.13 bits per heavy atom. The summed E-state index contributed by atoms with van der Waals surface area (Å²) in [6.07, 6.45) is 4.88. The van der Waals surface area contributed by atoms with Gasteiger partial charge in [-0.05, 0) is 25.5 Å². The van der Waals surface area contributed by atoms with Crippen molar-refractivity contribution in [2.24, 2.45) is 5.18 Å². The standard InChI is InChI=1S/C22H23N7O2/c1-13-21-27-19-15(6-4-7-17(19)26-13)18-11-16-20(29(18)23)14(12-24-22(16)30)5-2-3-9-28(21)10-8-25-31/h2-4,6-7,11,14H,5,8-10,12,23H2,1H3,(H,24,30)/b3-2+/t14-/m0/s1. The van der Waals surface area contributed by atoms with Crippen molar-refractivity contribution in [2.75, 3.05) is 36.9 Å². The first-order valence-electron chi connectivity index (χ1n) is 10.3. The maximum atomic E-state index is 12.6. The number of amides is 1. The van der Waals surface area contributed by atoms with Gasteiger partial charge in [-0.1, -0.05) is 29.5 Å². The molecule has 2 aromatic heterocycles. The lowest BCUT2D eigenvalue weighted by Gasteiger charge is -2.24. The predicted octanol–water partition coefficient (Wildman–Crippen LogP) is 2.48. The number of rotatable bonds is 3. The smallest absolute Gasteiger partial charge is 0.253 e. The highest BCUT2D eigenvalue weighted by molar-refractivity contribution is 6.00. The average molecular weight is 417 g/mol. The minimum Gasteiger partial charge on any atom is -0.351 e. The van der Waals surface area contributed by atoms with E-state index in [1.807, 2.05) is 36.1 Å². The molecular formula is C22H23N7O2. The number of nitroso groups, excluding NO2 is 1. The molecule has 5 rings (SSSR count). The van der Waals surface area contributed by atoms with Gasteiger partial charge in [-0.15, -0.1) is 0 Å². The Morgan fingerprint density at radius 1 is 1.26 bits per heavy atom. The number of carbonyl (C=O) groups is 1. The van der Waals surface area contributed by atoms with Gasteiger partial charge in [0, 0.05) is 31.1 Å². The summed E-state index contributed by atoms with van der Waals surface area (Å²) in [7, 11) is 0. The lowest BCUT2D eigenvalue weighted by molar-refractivity contribution is 0.0939. The zero-order chi connectivity index (χ0) is 21.5. The average Bonchev–Trinajstić information content (AvgIpc) is 3.12. The van der Waals surface area contributed by atoms with E-state index in [1.54, 1.807) is 4.68 Å². The van der Waals surface area contributed by atoms with E-state index in [-0.39, 0.29) is 18.4 Å². The number of nitrogen functional groups attached to an aromatic ring is 1. The first-order valence-corrected chi connectivity index (χ1v) is 10.3. The van der Waals surface area contributed by atoms with Gasteiger partial charge in [0.05, 0.1) is 34.7 Å². The van der Waals surface area contributed by atoms with E-state index in [0.717, 1.165) is 34.6 Å². The second-order valence-corrected chi connectivity index (χ2v) is 7.92. The molecule has 4 heterocycles. The third kappa shape index (κ3) is 3.13. The summed E-state index contributed by atoms with van der Waals surface area (Å²) in [5, 5.41) is 6.00. The minimum atomic E-state index is -0.108. The van der Waals surface area contributed by atoms with Gasteiger partial charge in [-0.2, -0.15) is 4.91 Å². The fourth-order valence-corrected chi connectivity index (χ4v) is 4.52. The van der Waals surface area contributed by atoms with E-state index in [9.17, 15) is 9.70 Å². The molecule has 31 heavy (non-hydrogen) atoms. The molecule has 158 valence electrons. The Labute approximate surface area is 178 Å². The van der Waals surface area contributed by atoms with Gasteiger partial charge in [-0.3, -0.25) is 9.47 Å². The van der Waals surface area contributed by atoms with Gasteiger partial charge < -0.3 is 16.1 Å². The normalized spacial score (nSPS) is 18.8. The van der Waals surface area contributed by atoms with E-state index in [1.165, 1.54) is 0 Å². The van der Waals surface area contributed by atoms with Gasteiger partial charge in [0.15, 0.2) is 5.82 Å². The van der Waals surface area contributed by atoms with Gasteiger partial charge in [0.2, 0.25) is 0 Å². The largest absolute Gasteiger partial charge is 0.351 e. The molecule has 1 aromatic carbocycles. The topological polar surface area (TPSA) is 119 Å². The maximum Gasteiger partial charge on any atom is 0.253 e. The Balaban J connectivity index is 1.79. The number of aryl methyl sites for hydroxylation is 1. The number of hydrogen-bond donors (Lipinski definition) is 2. The molecule has 0 saturated heterocycles. The minimum absolute atomic E-state index is 0.0729. The number of benzene rings is 1. The maximum absolute atomic E-state index is 12.6. The van der Waals surface area contributed by atoms with Crippen LogP contribution in [0.5, 0.6) is 0 Å². The first kappa shape index (κ1) is 19.2. The number of aromatic nitrogens is 3. The summed E-state index contributed by atoms with van der Waals surface area (Å²) in [6.45, 7) is 3.65. The van der Waals surface area contributed by atoms with Crippen molar-refractivity contribution in [2.45, 2.75) is 19.3 Å². The van der Waals surface area contributed by atoms with Crippen molar-refractivity contribution >= 4 is 22.8 Å². The van der Waals surface area contributed by atoms with E-state index in [2.05, 4.69) is 22.6 Å². The fraction of sp³-hybridized carbons (Fsp3) is 0.318. The number of carbonyl (C=O) groups excluding carboxylic acids is 1. The highest BCUT2D eigenvalue weighted by Crippen LogP contribution is 2.36. The molecule has 2 aliphatic rings. The highest BCUT2D eigenvalue weighted by atomic mass is 16.3. The van der Waals surface area contributed by atoms with Crippen molar-refractivity contribution < 1.29 is 4.79 Å². The summed E-state index contributed by atoms with van der Waals surface area (Å²) in [5.74, 6) is 7.23. The first-order chi connectivity index (χ1) is 15.1. The molecule has 3 N–H and O–H groups in total. The summed E-state index contributed by atoms with van der Waals surface area (Å²) in [4.78, 5) is 35.1. The van der Waals surface area contributed by atoms with E-state index >= 15 is 0 Å².